The number of anilines is 1. The maximum Gasteiger partial charge on any atom is 0.171 e. The molecule has 0 bridgehead atoms. The molecule has 132 valence electrons. The standard InChI is InChI=1S/C20H23BrN2OS/c1-2-24-18-10-8-15(9-11-18)20(12-3-4-13-20)23-19(25)22-17-7-5-6-16(21)14-17/h5-11,14H,2-4,12-13H2,1H3,(H2,22,23,25). The van der Waals surface area contributed by atoms with Gasteiger partial charge < -0.3 is 15.4 Å². The molecule has 0 amide bonds. The van der Waals surface area contributed by atoms with Crippen molar-refractivity contribution >= 4 is 38.9 Å². The summed E-state index contributed by atoms with van der Waals surface area (Å²) in [4.78, 5) is 0. The van der Waals surface area contributed by atoms with Gasteiger partial charge in [0, 0.05) is 10.2 Å². The van der Waals surface area contributed by atoms with Gasteiger partial charge in [-0.1, -0.05) is 47.0 Å². The minimum Gasteiger partial charge on any atom is -0.494 e. The molecular formula is C20H23BrN2OS. The number of rotatable bonds is 5. The summed E-state index contributed by atoms with van der Waals surface area (Å²) in [6.45, 7) is 2.68. The predicted molar refractivity (Wildman–Crippen MR) is 111 cm³/mol. The molecule has 2 aromatic rings. The summed E-state index contributed by atoms with van der Waals surface area (Å²) in [5, 5.41) is 7.55. The Morgan fingerprint density at radius 1 is 1.16 bits per heavy atom. The largest absolute Gasteiger partial charge is 0.494 e. The Kier molecular flexibility index (Phi) is 5.97. The first kappa shape index (κ1) is 18.2. The van der Waals surface area contributed by atoms with Gasteiger partial charge in [-0.05, 0) is 67.9 Å². The molecule has 0 radical (unpaired) electrons. The van der Waals surface area contributed by atoms with Crippen molar-refractivity contribution < 1.29 is 4.74 Å². The summed E-state index contributed by atoms with van der Waals surface area (Å²) < 4.78 is 6.59. The molecular weight excluding hydrogens is 396 g/mol. The molecule has 0 unspecified atom stereocenters. The van der Waals surface area contributed by atoms with Gasteiger partial charge in [0.05, 0.1) is 12.1 Å². The average molecular weight is 419 g/mol. The Hall–Kier alpha value is -1.59. The number of benzene rings is 2. The Morgan fingerprint density at radius 3 is 2.52 bits per heavy atom. The SMILES string of the molecule is CCOc1ccc(C2(NC(=S)Nc3cccc(Br)c3)CCCC2)cc1. The van der Waals surface area contributed by atoms with E-state index in [-0.39, 0.29) is 5.54 Å². The van der Waals surface area contributed by atoms with Crippen molar-refractivity contribution in [1.82, 2.24) is 5.32 Å². The molecule has 2 N–H and O–H groups in total. The Labute approximate surface area is 163 Å². The van der Waals surface area contributed by atoms with Gasteiger partial charge in [0.1, 0.15) is 5.75 Å². The first-order valence-electron chi connectivity index (χ1n) is 8.69. The molecule has 5 heteroatoms. The van der Waals surface area contributed by atoms with Gasteiger partial charge in [-0.2, -0.15) is 0 Å². The quantitative estimate of drug-likeness (QED) is 0.618. The molecule has 0 atom stereocenters. The normalized spacial score (nSPS) is 15.6. The first-order valence-corrected chi connectivity index (χ1v) is 9.89. The lowest BCUT2D eigenvalue weighted by molar-refractivity contribution is 0.339. The van der Waals surface area contributed by atoms with Crippen LogP contribution in [0.4, 0.5) is 5.69 Å². The average Bonchev–Trinajstić information content (AvgIpc) is 3.05. The van der Waals surface area contributed by atoms with Crippen LogP contribution in [-0.4, -0.2) is 11.7 Å². The minimum atomic E-state index is -0.0964. The molecule has 1 fully saturated rings. The predicted octanol–water partition coefficient (Wildman–Crippen LogP) is 5.60. The molecule has 25 heavy (non-hydrogen) atoms. The fourth-order valence-corrected chi connectivity index (χ4v) is 4.16. The molecule has 2 aromatic carbocycles. The highest BCUT2D eigenvalue weighted by atomic mass is 79.9. The molecule has 0 spiro atoms. The fraction of sp³-hybridized carbons (Fsp3) is 0.350. The zero-order valence-corrected chi connectivity index (χ0v) is 16.8. The van der Waals surface area contributed by atoms with E-state index in [1.807, 2.05) is 43.3 Å². The monoisotopic (exact) mass is 418 g/mol. The summed E-state index contributed by atoms with van der Waals surface area (Å²) in [7, 11) is 0. The third-order valence-corrected chi connectivity index (χ3v) is 5.31. The van der Waals surface area contributed by atoms with Crippen molar-refractivity contribution in [3.8, 4) is 5.75 Å². The second kappa shape index (κ2) is 8.19. The second-order valence-corrected chi connectivity index (χ2v) is 7.66. The highest BCUT2D eigenvalue weighted by Crippen LogP contribution is 2.39. The highest BCUT2D eigenvalue weighted by Gasteiger charge is 2.36. The number of thiocarbonyl (C=S) groups is 1. The van der Waals surface area contributed by atoms with Crippen LogP contribution >= 0.6 is 28.1 Å². The highest BCUT2D eigenvalue weighted by molar-refractivity contribution is 9.10. The van der Waals surface area contributed by atoms with E-state index in [9.17, 15) is 0 Å². The maximum absolute atomic E-state index is 5.59. The van der Waals surface area contributed by atoms with Crippen LogP contribution < -0.4 is 15.4 Å². The van der Waals surface area contributed by atoms with E-state index in [1.165, 1.54) is 18.4 Å². The molecule has 1 saturated carbocycles. The minimum absolute atomic E-state index is 0.0964. The van der Waals surface area contributed by atoms with E-state index in [0.29, 0.717) is 11.7 Å². The van der Waals surface area contributed by atoms with Gasteiger partial charge in [0.2, 0.25) is 0 Å². The van der Waals surface area contributed by atoms with E-state index >= 15 is 0 Å². The molecule has 1 aliphatic carbocycles. The number of halogens is 1. The first-order chi connectivity index (χ1) is 12.1. The van der Waals surface area contributed by atoms with Crippen LogP contribution in [0.5, 0.6) is 5.75 Å². The van der Waals surface area contributed by atoms with Crippen molar-refractivity contribution in [3.05, 3.63) is 58.6 Å². The van der Waals surface area contributed by atoms with E-state index < -0.39 is 0 Å². The van der Waals surface area contributed by atoms with Crippen molar-refractivity contribution in [1.29, 1.82) is 0 Å². The lowest BCUT2D eigenvalue weighted by atomic mass is 9.88. The summed E-state index contributed by atoms with van der Waals surface area (Å²) in [6.07, 6.45) is 4.59. The lowest BCUT2D eigenvalue weighted by Gasteiger charge is -2.32. The lowest BCUT2D eigenvalue weighted by Crippen LogP contribution is -2.45. The topological polar surface area (TPSA) is 33.3 Å². The number of ether oxygens (including phenoxy) is 1. The van der Waals surface area contributed by atoms with Crippen LogP contribution in [0.15, 0.2) is 53.0 Å². The van der Waals surface area contributed by atoms with Crippen LogP contribution in [0.3, 0.4) is 0 Å². The molecule has 0 heterocycles. The Morgan fingerprint density at radius 2 is 1.88 bits per heavy atom. The fourth-order valence-electron chi connectivity index (χ4n) is 3.45. The van der Waals surface area contributed by atoms with Crippen LogP contribution in [-0.2, 0) is 5.54 Å². The van der Waals surface area contributed by atoms with Crippen LogP contribution in [0.2, 0.25) is 0 Å². The van der Waals surface area contributed by atoms with Crippen molar-refractivity contribution in [3.63, 3.8) is 0 Å². The number of nitrogens with one attached hydrogen (secondary N) is 2. The third kappa shape index (κ3) is 4.53. The zero-order chi connectivity index (χ0) is 17.7. The Bertz CT molecular complexity index is 727. The molecule has 1 aliphatic rings. The van der Waals surface area contributed by atoms with Gasteiger partial charge in [0.25, 0.3) is 0 Å². The maximum atomic E-state index is 5.59. The number of hydrogen-bond donors (Lipinski definition) is 2. The van der Waals surface area contributed by atoms with Gasteiger partial charge in [0.15, 0.2) is 5.11 Å². The molecule has 0 saturated heterocycles. The Balaban J connectivity index is 1.74. The molecule has 3 rings (SSSR count). The van der Waals surface area contributed by atoms with Crippen molar-refractivity contribution in [2.75, 3.05) is 11.9 Å². The van der Waals surface area contributed by atoms with Crippen LogP contribution in [0.1, 0.15) is 38.2 Å². The number of hydrogen-bond acceptors (Lipinski definition) is 2. The molecule has 0 aliphatic heterocycles. The third-order valence-electron chi connectivity index (χ3n) is 4.61. The molecule has 3 nitrogen and oxygen atoms in total. The summed E-state index contributed by atoms with van der Waals surface area (Å²) in [6, 6.07) is 16.4. The van der Waals surface area contributed by atoms with E-state index in [2.05, 4.69) is 38.7 Å². The van der Waals surface area contributed by atoms with Crippen molar-refractivity contribution in [2.45, 2.75) is 38.1 Å². The summed E-state index contributed by atoms with van der Waals surface area (Å²) >= 11 is 9.08. The van der Waals surface area contributed by atoms with Crippen LogP contribution in [0.25, 0.3) is 0 Å². The van der Waals surface area contributed by atoms with Crippen LogP contribution in [0, 0.1) is 0 Å². The summed E-state index contributed by atoms with van der Waals surface area (Å²) in [5.74, 6) is 0.911. The van der Waals surface area contributed by atoms with E-state index in [1.54, 1.807) is 0 Å². The smallest absolute Gasteiger partial charge is 0.171 e. The molecule has 0 aromatic heterocycles. The summed E-state index contributed by atoms with van der Waals surface area (Å²) in [5.41, 5.74) is 2.15. The van der Waals surface area contributed by atoms with Gasteiger partial charge in [-0.15, -0.1) is 0 Å². The van der Waals surface area contributed by atoms with Gasteiger partial charge in [-0.25, -0.2) is 0 Å². The van der Waals surface area contributed by atoms with Crippen molar-refractivity contribution in [2.24, 2.45) is 0 Å². The van der Waals surface area contributed by atoms with E-state index in [0.717, 1.165) is 28.8 Å². The van der Waals surface area contributed by atoms with Gasteiger partial charge in [-0.3, -0.25) is 0 Å². The second-order valence-electron chi connectivity index (χ2n) is 6.34. The zero-order valence-electron chi connectivity index (χ0n) is 14.3. The van der Waals surface area contributed by atoms with Gasteiger partial charge >= 0.3 is 0 Å². The van der Waals surface area contributed by atoms with E-state index in [4.69, 9.17) is 17.0 Å².